The van der Waals surface area contributed by atoms with Crippen LogP contribution in [0.3, 0.4) is 0 Å². The van der Waals surface area contributed by atoms with Crippen LogP contribution in [0.15, 0.2) is 18.2 Å². The molecule has 7 heteroatoms. The number of benzene rings is 1. The zero-order valence-electron chi connectivity index (χ0n) is 10.8. The van der Waals surface area contributed by atoms with Gasteiger partial charge in [-0.1, -0.05) is 13.8 Å². The van der Waals surface area contributed by atoms with Crippen molar-refractivity contribution in [3.05, 3.63) is 34.1 Å². The van der Waals surface area contributed by atoms with Crippen LogP contribution in [0.1, 0.15) is 13.8 Å². The Morgan fingerprint density at radius 2 is 2.11 bits per heavy atom. The highest BCUT2D eigenvalue weighted by Crippen LogP contribution is 2.26. The van der Waals surface area contributed by atoms with Gasteiger partial charge in [-0.25, -0.2) is 9.18 Å². The molecule has 0 radical (unpaired) electrons. The number of nitro benzene ring substituents is 1. The normalized spacial score (nSPS) is 12.1. The number of methoxy groups -OCH3 is 1. The number of ether oxygens (including phenoxy) is 1. The molecule has 0 saturated carbocycles. The number of nitro groups is 1. The Hall–Kier alpha value is -2.18. The Balaban J connectivity index is 3.11. The molecule has 0 spiro atoms. The van der Waals surface area contributed by atoms with Crippen LogP contribution in [-0.4, -0.2) is 24.0 Å². The smallest absolute Gasteiger partial charge is 0.328 e. The number of hydrogen-bond acceptors (Lipinski definition) is 5. The summed E-state index contributed by atoms with van der Waals surface area (Å²) in [6.45, 7) is 3.50. The topological polar surface area (TPSA) is 81.5 Å². The van der Waals surface area contributed by atoms with Gasteiger partial charge < -0.3 is 10.1 Å². The van der Waals surface area contributed by atoms with Crippen LogP contribution in [0, 0.1) is 21.8 Å². The van der Waals surface area contributed by atoms with Gasteiger partial charge in [-0.3, -0.25) is 10.1 Å². The Kier molecular flexibility index (Phi) is 4.80. The summed E-state index contributed by atoms with van der Waals surface area (Å²) in [7, 11) is 1.22. The highest BCUT2D eigenvalue weighted by atomic mass is 19.1. The molecular weight excluding hydrogens is 255 g/mol. The Morgan fingerprint density at radius 3 is 2.58 bits per heavy atom. The molecule has 1 N–H and O–H groups in total. The third-order valence-corrected chi connectivity index (χ3v) is 2.59. The van der Waals surface area contributed by atoms with Crippen LogP contribution in [0.5, 0.6) is 0 Å². The zero-order valence-corrected chi connectivity index (χ0v) is 10.8. The summed E-state index contributed by atoms with van der Waals surface area (Å²) in [5, 5.41) is 13.5. The monoisotopic (exact) mass is 270 g/mol. The maximum Gasteiger partial charge on any atom is 0.328 e. The lowest BCUT2D eigenvalue weighted by Crippen LogP contribution is -2.35. The fraction of sp³-hybridized carbons (Fsp3) is 0.417. The van der Waals surface area contributed by atoms with Crippen molar-refractivity contribution in [2.75, 3.05) is 12.4 Å². The summed E-state index contributed by atoms with van der Waals surface area (Å²) in [6, 6.07) is 2.24. The minimum atomic E-state index is -0.787. The summed E-state index contributed by atoms with van der Waals surface area (Å²) in [5.74, 6) is -1.36. The van der Waals surface area contributed by atoms with E-state index in [-0.39, 0.29) is 17.3 Å². The molecule has 0 aliphatic rings. The minimum Gasteiger partial charge on any atom is -0.467 e. The number of anilines is 1. The maximum absolute atomic E-state index is 13.2. The summed E-state index contributed by atoms with van der Waals surface area (Å²) < 4.78 is 17.8. The molecule has 1 aromatic carbocycles. The molecule has 0 bridgehead atoms. The molecule has 0 aliphatic carbocycles. The quantitative estimate of drug-likeness (QED) is 0.504. The molecule has 0 fully saturated rings. The average molecular weight is 270 g/mol. The standard InChI is InChI=1S/C12H15FN2O4/c1-7(2)11(12(16)19-3)14-9-6-8(13)4-5-10(9)15(17)18/h4-7,11,14H,1-3H3. The van der Waals surface area contributed by atoms with Gasteiger partial charge in [-0.15, -0.1) is 0 Å². The van der Waals surface area contributed by atoms with Gasteiger partial charge in [0.05, 0.1) is 12.0 Å². The van der Waals surface area contributed by atoms with Gasteiger partial charge in [0.1, 0.15) is 17.5 Å². The van der Waals surface area contributed by atoms with E-state index >= 15 is 0 Å². The number of rotatable bonds is 5. The number of carbonyl (C=O) groups is 1. The molecule has 1 unspecified atom stereocenters. The van der Waals surface area contributed by atoms with Crippen LogP contribution in [0.25, 0.3) is 0 Å². The third-order valence-electron chi connectivity index (χ3n) is 2.59. The highest BCUT2D eigenvalue weighted by Gasteiger charge is 2.26. The second kappa shape index (κ2) is 6.12. The largest absolute Gasteiger partial charge is 0.467 e. The van der Waals surface area contributed by atoms with Crippen LogP contribution >= 0.6 is 0 Å². The van der Waals surface area contributed by atoms with E-state index in [1.165, 1.54) is 7.11 Å². The second-order valence-corrected chi connectivity index (χ2v) is 4.31. The SMILES string of the molecule is COC(=O)C(Nc1cc(F)ccc1[N+](=O)[O-])C(C)C. The number of nitrogens with one attached hydrogen (secondary N) is 1. The van der Waals surface area contributed by atoms with Gasteiger partial charge in [0.15, 0.2) is 0 Å². The second-order valence-electron chi connectivity index (χ2n) is 4.31. The molecule has 6 nitrogen and oxygen atoms in total. The predicted molar refractivity (Wildman–Crippen MR) is 67.3 cm³/mol. The Labute approximate surface area is 109 Å². The molecule has 104 valence electrons. The van der Waals surface area contributed by atoms with Crippen molar-refractivity contribution in [3.8, 4) is 0 Å². The van der Waals surface area contributed by atoms with Gasteiger partial charge in [0.25, 0.3) is 5.69 Å². The number of nitrogens with zero attached hydrogens (tertiary/aromatic N) is 1. The molecule has 19 heavy (non-hydrogen) atoms. The summed E-state index contributed by atoms with van der Waals surface area (Å²) in [6.07, 6.45) is 0. The van der Waals surface area contributed by atoms with Crippen molar-refractivity contribution in [3.63, 3.8) is 0 Å². The maximum atomic E-state index is 13.2. The van der Waals surface area contributed by atoms with Crippen molar-refractivity contribution >= 4 is 17.3 Å². The van der Waals surface area contributed by atoms with E-state index in [4.69, 9.17) is 0 Å². The summed E-state index contributed by atoms with van der Waals surface area (Å²) in [5.41, 5.74) is -0.343. The Bertz CT molecular complexity index is 491. The first-order valence-electron chi connectivity index (χ1n) is 5.65. The first-order chi connectivity index (χ1) is 8.86. The van der Waals surface area contributed by atoms with E-state index < -0.39 is 22.8 Å². The van der Waals surface area contributed by atoms with Crippen LogP contribution in [0.4, 0.5) is 15.8 Å². The number of esters is 1. The lowest BCUT2D eigenvalue weighted by molar-refractivity contribution is -0.384. The molecule has 0 aromatic heterocycles. The van der Waals surface area contributed by atoms with Crippen molar-refractivity contribution < 1.29 is 18.8 Å². The molecule has 1 aromatic rings. The van der Waals surface area contributed by atoms with E-state index in [0.717, 1.165) is 18.2 Å². The lowest BCUT2D eigenvalue weighted by atomic mass is 10.0. The fourth-order valence-electron chi connectivity index (χ4n) is 1.58. The molecule has 0 heterocycles. The van der Waals surface area contributed by atoms with Gasteiger partial charge in [0, 0.05) is 12.1 Å². The average Bonchev–Trinajstić information content (AvgIpc) is 2.34. The molecule has 0 saturated heterocycles. The molecule has 1 rings (SSSR count). The van der Waals surface area contributed by atoms with E-state index in [9.17, 15) is 19.3 Å². The van der Waals surface area contributed by atoms with Crippen molar-refractivity contribution in [1.82, 2.24) is 0 Å². The molecule has 0 aliphatic heterocycles. The first kappa shape index (κ1) is 14.9. The van der Waals surface area contributed by atoms with Gasteiger partial charge in [-0.2, -0.15) is 0 Å². The van der Waals surface area contributed by atoms with Crippen LogP contribution in [0.2, 0.25) is 0 Å². The summed E-state index contributed by atoms with van der Waals surface area (Å²) in [4.78, 5) is 21.8. The van der Waals surface area contributed by atoms with E-state index in [0.29, 0.717) is 0 Å². The van der Waals surface area contributed by atoms with Gasteiger partial charge in [-0.05, 0) is 12.0 Å². The predicted octanol–water partition coefficient (Wildman–Crippen LogP) is 2.34. The minimum absolute atomic E-state index is 0.0471. The van der Waals surface area contributed by atoms with Crippen LogP contribution < -0.4 is 5.32 Å². The number of halogens is 1. The highest BCUT2D eigenvalue weighted by molar-refractivity contribution is 5.80. The van der Waals surface area contributed by atoms with E-state index in [1.54, 1.807) is 13.8 Å². The Morgan fingerprint density at radius 1 is 1.47 bits per heavy atom. The molecule has 1 atom stereocenters. The third kappa shape index (κ3) is 3.64. The van der Waals surface area contributed by atoms with Crippen molar-refractivity contribution in [1.29, 1.82) is 0 Å². The molecule has 0 amide bonds. The van der Waals surface area contributed by atoms with Gasteiger partial charge in [0.2, 0.25) is 0 Å². The fourth-order valence-corrected chi connectivity index (χ4v) is 1.58. The summed E-state index contributed by atoms with van der Waals surface area (Å²) >= 11 is 0. The first-order valence-corrected chi connectivity index (χ1v) is 5.65. The van der Waals surface area contributed by atoms with Crippen molar-refractivity contribution in [2.24, 2.45) is 5.92 Å². The van der Waals surface area contributed by atoms with Crippen molar-refractivity contribution in [2.45, 2.75) is 19.9 Å². The zero-order chi connectivity index (χ0) is 14.6. The lowest BCUT2D eigenvalue weighted by Gasteiger charge is -2.20. The van der Waals surface area contributed by atoms with Crippen LogP contribution in [-0.2, 0) is 9.53 Å². The number of hydrogen-bond donors (Lipinski definition) is 1. The van der Waals surface area contributed by atoms with Gasteiger partial charge >= 0.3 is 5.97 Å². The van der Waals surface area contributed by atoms with E-state index in [1.807, 2.05) is 0 Å². The molecular formula is C12H15FN2O4. The van der Waals surface area contributed by atoms with E-state index in [2.05, 4.69) is 10.1 Å². The number of carbonyl (C=O) groups excluding carboxylic acids is 1.